The molecule has 31 heavy (non-hydrogen) atoms. The van der Waals surface area contributed by atoms with Gasteiger partial charge >= 0.3 is 6.16 Å². The van der Waals surface area contributed by atoms with Crippen molar-refractivity contribution >= 4 is 47.4 Å². The quantitative estimate of drug-likeness (QED) is 0.265. The first kappa shape index (κ1) is 24.0. The highest BCUT2D eigenvalue weighted by atomic mass is 127. The van der Waals surface area contributed by atoms with E-state index < -0.39 is 14.5 Å². The molecule has 1 fully saturated rings. The van der Waals surface area contributed by atoms with Crippen LogP contribution in [0.1, 0.15) is 34.6 Å². The van der Waals surface area contributed by atoms with Gasteiger partial charge in [-0.1, -0.05) is 95.3 Å². The van der Waals surface area contributed by atoms with E-state index in [0.717, 1.165) is 0 Å². The summed E-state index contributed by atoms with van der Waals surface area (Å²) in [7, 11) is -2.63. The van der Waals surface area contributed by atoms with Gasteiger partial charge in [0.1, 0.15) is 11.9 Å². The van der Waals surface area contributed by atoms with Crippen LogP contribution >= 0.6 is 22.6 Å². The Hall–Kier alpha value is -1.64. The van der Waals surface area contributed by atoms with Gasteiger partial charge in [0.15, 0.2) is 0 Å². The number of benzene rings is 2. The molecule has 3 rings (SSSR count). The molecule has 0 radical (unpaired) electrons. The molecule has 1 aliphatic rings. The van der Waals surface area contributed by atoms with Crippen molar-refractivity contribution in [1.29, 1.82) is 0 Å². The van der Waals surface area contributed by atoms with Gasteiger partial charge in [0.25, 0.3) is 8.32 Å². The van der Waals surface area contributed by atoms with E-state index in [9.17, 15) is 4.79 Å². The first-order chi connectivity index (χ1) is 14.7. The van der Waals surface area contributed by atoms with Crippen molar-refractivity contribution < 1.29 is 18.7 Å². The molecule has 0 saturated carbocycles. The molecule has 0 aliphatic carbocycles. The summed E-state index contributed by atoms with van der Waals surface area (Å²) in [6, 6.07) is 21.1. The van der Waals surface area contributed by atoms with Crippen LogP contribution in [0.25, 0.3) is 0 Å². The lowest BCUT2D eigenvalue weighted by atomic mass is 9.92. The van der Waals surface area contributed by atoms with E-state index in [1.165, 1.54) is 10.4 Å². The maximum Gasteiger partial charge on any atom is 0.513 e. The maximum atomic E-state index is 12.0. The Morgan fingerprint density at radius 2 is 1.58 bits per heavy atom. The third-order valence-electron chi connectivity index (χ3n) is 6.02. The molecule has 0 amide bonds. The Balaban J connectivity index is 1.97. The fourth-order valence-electron chi connectivity index (χ4n) is 4.43. The van der Waals surface area contributed by atoms with E-state index in [0.29, 0.717) is 12.4 Å². The molecular formula is C25H31IO4Si. The van der Waals surface area contributed by atoms with Crippen LogP contribution in [0.15, 0.2) is 70.5 Å². The monoisotopic (exact) mass is 550 g/mol. The van der Waals surface area contributed by atoms with E-state index in [1.54, 1.807) is 0 Å². The summed E-state index contributed by atoms with van der Waals surface area (Å²) >= 11 is 2.11. The second-order valence-electron chi connectivity index (χ2n) is 9.19. The molecule has 1 saturated heterocycles. The molecule has 0 bridgehead atoms. The SMILES string of the molecule is C[C@@H](CO[Si](c1ccccc1)(c1ccccc1)C(C)(C)C)[C@H]1OC(=O)O/C(=C/I)[C@@H]1C. The smallest absolute Gasteiger partial charge is 0.430 e. The highest BCUT2D eigenvalue weighted by Gasteiger charge is 2.50. The molecule has 166 valence electrons. The number of ether oxygens (including phenoxy) is 2. The summed E-state index contributed by atoms with van der Waals surface area (Å²) in [6.45, 7) is 11.4. The zero-order chi connectivity index (χ0) is 22.6. The van der Waals surface area contributed by atoms with Crippen molar-refractivity contribution in [3.05, 3.63) is 70.5 Å². The predicted molar refractivity (Wildman–Crippen MR) is 135 cm³/mol. The number of carbonyl (C=O) groups excluding carboxylic acids is 1. The summed E-state index contributed by atoms with van der Waals surface area (Å²) in [5, 5.41) is 2.39. The first-order valence-electron chi connectivity index (χ1n) is 10.6. The van der Waals surface area contributed by atoms with Gasteiger partial charge in [0, 0.05) is 16.6 Å². The van der Waals surface area contributed by atoms with Crippen molar-refractivity contribution in [1.82, 2.24) is 0 Å². The molecule has 0 unspecified atom stereocenters. The normalized spacial score (nSPS) is 22.0. The van der Waals surface area contributed by atoms with Crippen molar-refractivity contribution in [2.45, 2.75) is 45.8 Å². The summed E-state index contributed by atoms with van der Waals surface area (Å²) in [5.74, 6) is 0.641. The van der Waals surface area contributed by atoms with E-state index in [-0.39, 0.29) is 23.0 Å². The average molecular weight is 551 g/mol. The Labute approximate surface area is 200 Å². The third kappa shape index (κ3) is 4.91. The summed E-state index contributed by atoms with van der Waals surface area (Å²) in [6.07, 6.45) is -0.927. The molecule has 1 heterocycles. The molecule has 1 aliphatic heterocycles. The predicted octanol–water partition coefficient (Wildman–Crippen LogP) is 5.65. The van der Waals surface area contributed by atoms with Gasteiger partial charge in [-0.3, -0.25) is 0 Å². The van der Waals surface area contributed by atoms with Gasteiger partial charge in [-0.15, -0.1) is 0 Å². The second kappa shape index (κ2) is 9.88. The Morgan fingerprint density at radius 3 is 2.03 bits per heavy atom. The lowest BCUT2D eigenvalue weighted by molar-refractivity contribution is -0.0506. The molecule has 2 aromatic carbocycles. The largest absolute Gasteiger partial charge is 0.513 e. The highest BCUT2D eigenvalue weighted by molar-refractivity contribution is 14.1. The lowest BCUT2D eigenvalue weighted by Crippen LogP contribution is -2.67. The maximum absolute atomic E-state index is 12.0. The molecule has 6 heteroatoms. The zero-order valence-corrected chi connectivity index (χ0v) is 22.0. The fourth-order valence-corrected chi connectivity index (χ4v) is 9.79. The molecule has 0 aromatic heterocycles. The number of halogens is 1. The molecule has 4 nitrogen and oxygen atoms in total. The van der Waals surface area contributed by atoms with E-state index in [1.807, 2.05) is 23.1 Å². The minimum atomic E-state index is -2.63. The topological polar surface area (TPSA) is 44.8 Å². The van der Waals surface area contributed by atoms with Gasteiger partial charge in [0.2, 0.25) is 0 Å². The van der Waals surface area contributed by atoms with Crippen LogP contribution in [0.5, 0.6) is 0 Å². The van der Waals surface area contributed by atoms with Crippen LogP contribution in [-0.4, -0.2) is 27.2 Å². The zero-order valence-electron chi connectivity index (χ0n) is 18.8. The van der Waals surface area contributed by atoms with Crippen molar-refractivity contribution in [2.75, 3.05) is 6.61 Å². The number of rotatable bonds is 6. The summed E-state index contributed by atoms with van der Waals surface area (Å²) in [5.41, 5.74) is 0. The van der Waals surface area contributed by atoms with Crippen molar-refractivity contribution in [2.24, 2.45) is 11.8 Å². The van der Waals surface area contributed by atoms with E-state index in [4.69, 9.17) is 13.9 Å². The molecule has 3 atom stereocenters. The van der Waals surface area contributed by atoms with Gasteiger partial charge in [0.05, 0.1) is 5.92 Å². The fraction of sp³-hybridized carbons (Fsp3) is 0.400. The molecule has 0 spiro atoms. The van der Waals surface area contributed by atoms with E-state index in [2.05, 4.69) is 98.8 Å². The number of cyclic esters (lactones) is 2. The number of hydrogen-bond donors (Lipinski definition) is 0. The Bertz CT molecular complexity index is 869. The standard InChI is InChI=1S/C25H31IO4Si/c1-18(23-19(2)22(16-26)29-24(27)30-23)17-28-31(25(3,4)5,20-12-8-6-9-13-20)21-14-10-7-11-15-21/h6-16,18-19,23H,17H2,1-5H3/b22-16+/t18-,19-,23+/m0/s1. The number of hydrogen-bond acceptors (Lipinski definition) is 4. The van der Waals surface area contributed by atoms with Gasteiger partial charge < -0.3 is 13.9 Å². The first-order valence-corrected chi connectivity index (χ1v) is 13.8. The third-order valence-corrected chi connectivity index (χ3v) is 11.6. The second-order valence-corrected chi connectivity index (χ2v) is 14.1. The minimum absolute atomic E-state index is 0.0100. The van der Waals surface area contributed by atoms with Crippen LogP contribution < -0.4 is 10.4 Å². The van der Waals surface area contributed by atoms with E-state index >= 15 is 0 Å². The summed E-state index contributed by atoms with van der Waals surface area (Å²) in [4.78, 5) is 12.0. The van der Waals surface area contributed by atoms with Crippen LogP contribution in [-0.2, 0) is 13.9 Å². The van der Waals surface area contributed by atoms with Gasteiger partial charge in [-0.05, 0) is 38.0 Å². The summed E-state index contributed by atoms with van der Waals surface area (Å²) < 4.78 is 19.6. The lowest BCUT2D eigenvalue weighted by Gasteiger charge is -2.44. The Kier molecular flexibility index (Phi) is 7.65. The average Bonchev–Trinajstić information content (AvgIpc) is 2.76. The van der Waals surface area contributed by atoms with Crippen LogP contribution in [0.4, 0.5) is 4.79 Å². The molecule has 0 N–H and O–H groups in total. The van der Waals surface area contributed by atoms with Crippen LogP contribution in [0, 0.1) is 11.8 Å². The van der Waals surface area contributed by atoms with Gasteiger partial charge in [-0.25, -0.2) is 4.79 Å². The van der Waals surface area contributed by atoms with Crippen LogP contribution in [0.2, 0.25) is 5.04 Å². The van der Waals surface area contributed by atoms with Gasteiger partial charge in [-0.2, -0.15) is 0 Å². The molecule has 2 aromatic rings. The number of carbonyl (C=O) groups is 1. The highest BCUT2D eigenvalue weighted by Crippen LogP contribution is 2.38. The van der Waals surface area contributed by atoms with Crippen molar-refractivity contribution in [3.63, 3.8) is 0 Å². The Morgan fingerprint density at radius 1 is 1.06 bits per heavy atom. The minimum Gasteiger partial charge on any atom is -0.430 e. The van der Waals surface area contributed by atoms with Crippen molar-refractivity contribution in [3.8, 4) is 0 Å². The van der Waals surface area contributed by atoms with Crippen LogP contribution in [0.3, 0.4) is 0 Å². The molecular weight excluding hydrogens is 519 g/mol.